The molecule has 3 rings (SSSR count). The first-order valence-corrected chi connectivity index (χ1v) is 14.8. The first-order chi connectivity index (χ1) is 18.0. The molecule has 2 aliphatic rings. The predicted octanol–water partition coefficient (Wildman–Crippen LogP) is 2.75. The van der Waals surface area contributed by atoms with Gasteiger partial charge in [-0.25, -0.2) is 0 Å². The quantitative estimate of drug-likeness (QED) is 0.127. The van der Waals surface area contributed by atoms with E-state index in [2.05, 4.69) is 24.1 Å². The Hall–Kier alpha value is -2.46. The van der Waals surface area contributed by atoms with Crippen LogP contribution in [0.15, 0.2) is 34.2 Å². The minimum absolute atomic E-state index is 0.112. The second-order valence-electron chi connectivity index (χ2n) is 8.30. The summed E-state index contributed by atoms with van der Waals surface area (Å²) in [6, 6.07) is 7.15. The molecule has 2 fully saturated rings. The van der Waals surface area contributed by atoms with Gasteiger partial charge in [0.2, 0.25) is 5.91 Å². The van der Waals surface area contributed by atoms with Crippen LogP contribution >= 0.6 is 23.5 Å². The van der Waals surface area contributed by atoms with Crippen molar-refractivity contribution in [2.24, 2.45) is 4.99 Å². The summed E-state index contributed by atoms with van der Waals surface area (Å²) in [7, 11) is -1.97. The minimum atomic E-state index is -4.16. The molecule has 1 saturated heterocycles. The molecule has 3 N–H and O–H groups in total. The zero-order valence-corrected chi connectivity index (χ0v) is 23.7. The largest absolute Gasteiger partial charge is 0.469 e. The molecule has 0 aromatic heterocycles. The number of nitrogens with one attached hydrogen (secondary N) is 2. The summed E-state index contributed by atoms with van der Waals surface area (Å²) in [5.74, 6) is -0.885. The highest BCUT2D eigenvalue weighted by Crippen LogP contribution is 2.38. The summed E-state index contributed by atoms with van der Waals surface area (Å²) in [6.07, 6.45) is 4.41. The van der Waals surface area contributed by atoms with Gasteiger partial charge in [0.1, 0.15) is 5.25 Å². The number of carbonyl (C=O) groups is 3. The summed E-state index contributed by atoms with van der Waals surface area (Å²) >= 11 is 2.58. The number of esters is 1. The number of aliphatic imine (C=N–C) groups is 1. The molecular formula is C23H32N4O8S3. The molecule has 0 radical (unpaired) electrons. The normalized spacial score (nSPS) is 20.5. The highest BCUT2D eigenvalue weighted by molar-refractivity contribution is 8.15. The molecule has 210 valence electrons. The molecule has 15 heteroatoms. The van der Waals surface area contributed by atoms with Crippen LogP contribution in [-0.2, 0) is 28.9 Å². The van der Waals surface area contributed by atoms with Crippen LogP contribution < -0.4 is 5.32 Å². The standard InChI is InChI=1S/C22H28N4O4S2.CH4O4S/c1-14-19(21(29)24-12-11-18(27)30-2)32-22(26(14)16-5-3-4-6-16)25-20(28)15-7-9-17(10-8-15)31-13-23;1-5-6(2,3)4/h7-10,13-14,16,19,23H,3-6,11-12H2,1-2H3,(H,24,29);1H3,(H,2,3,4). The maximum absolute atomic E-state index is 12.9. The Bertz CT molecular complexity index is 1120. The van der Waals surface area contributed by atoms with Gasteiger partial charge in [0.25, 0.3) is 5.91 Å². The fourth-order valence-electron chi connectivity index (χ4n) is 4.01. The number of rotatable bonds is 9. The summed E-state index contributed by atoms with van der Waals surface area (Å²) in [4.78, 5) is 44.4. The number of amides is 2. The van der Waals surface area contributed by atoms with Gasteiger partial charge in [0.05, 0.1) is 26.2 Å². The van der Waals surface area contributed by atoms with E-state index in [1.54, 1.807) is 24.3 Å². The molecule has 2 unspecified atom stereocenters. The van der Waals surface area contributed by atoms with Crippen molar-refractivity contribution in [3.05, 3.63) is 29.8 Å². The first-order valence-electron chi connectivity index (χ1n) is 11.7. The Kier molecular flexibility index (Phi) is 12.7. The fraction of sp³-hybridized carbons (Fsp3) is 0.522. The molecule has 2 amide bonds. The lowest BCUT2D eigenvalue weighted by Gasteiger charge is -2.31. The number of thioether (sulfide) groups is 2. The fourth-order valence-corrected chi connectivity index (χ4v) is 5.75. The van der Waals surface area contributed by atoms with Crippen molar-refractivity contribution in [1.82, 2.24) is 10.2 Å². The van der Waals surface area contributed by atoms with Gasteiger partial charge in [-0.1, -0.05) is 36.4 Å². The number of benzene rings is 1. The number of methoxy groups -OCH3 is 1. The van der Waals surface area contributed by atoms with Crippen LogP contribution in [0, 0.1) is 5.41 Å². The van der Waals surface area contributed by atoms with Gasteiger partial charge in [-0.2, -0.15) is 13.4 Å². The summed E-state index contributed by atoms with van der Waals surface area (Å²) in [6.45, 7) is 2.20. The highest BCUT2D eigenvalue weighted by Gasteiger charge is 2.44. The van der Waals surface area contributed by atoms with Crippen LogP contribution in [-0.4, -0.2) is 84.5 Å². The second kappa shape index (κ2) is 15.2. The van der Waals surface area contributed by atoms with E-state index in [1.807, 2.05) is 6.92 Å². The Morgan fingerprint density at radius 2 is 1.84 bits per heavy atom. The number of hydrogen-bond donors (Lipinski definition) is 3. The van der Waals surface area contributed by atoms with Crippen molar-refractivity contribution in [3.8, 4) is 0 Å². The zero-order chi connectivity index (χ0) is 28.3. The van der Waals surface area contributed by atoms with E-state index in [-0.39, 0.29) is 42.8 Å². The lowest BCUT2D eigenvalue weighted by Crippen LogP contribution is -2.46. The molecule has 0 spiro atoms. The Morgan fingerprint density at radius 3 is 2.37 bits per heavy atom. The summed E-state index contributed by atoms with van der Waals surface area (Å²) in [5.41, 5.74) is 1.71. The second-order valence-corrected chi connectivity index (χ2v) is 11.5. The highest BCUT2D eigenvalue weighted by atomic mass is 32.3. The monoisotopic (exact) mass is 588 g/mol. The molecule has 1 aliphatic heterocycles. The smallest absolute Gasteiger partial charge is 0.397 e. The van der Waals surface area contributed by atoms with Crippen molar-refractivity contribution < 1.29 is 36.3 Å². The van der Waals surface area contributed by atoms with Crippen LogP contribution in [0.3, 0.4) is 0 Å². The van der Waals surface area contributed by atoms with E-state index in [9.17, 15) is 22.8 Å². The topological polar surface area (TPSA) is 176 Å². The first kappa shape index (κ1) is 31.8. The molecular weight excluding hydrogens is 556 g/mol. The van der Waals surface area contributed by atoms with Crippen LogP contribution in [0.2, 0.25) is 0 Å². The molecule has 0 bridgehead atoms. The molecule has 1 heterocycles. The van der Waals surface area contributed by atoms with E-state index in [4.69, 9.17) is 9.96 Å². The maximum atomic E-state index is 12.9. The van der Waals surface area contributed by atoms with Crippen LogP contribution in [0.4, 0.5) is 0 Å². The third-order valence-electron chi connectivity index (χ3n) is 5.87. The number of hydrogen-bond acceptors (Lipinski definition) is 10. The number of amidine groups is 1. The van der Waals surface area contributed by atoms with Crippen molar-refractivity contribution in [3.63, 3.8) is 0 Å². The van der Waals surface area contributed by atoms with Crippen LogP contribution in [0.1, 0.15) is 49.4 Å². The van der Waals surface area contributed by atoms with Crippen molar-refractivity contribution in [2.45, 2.75) is 61.3 Å². The van der Waals surface area contributed by atoms with E-state index >= 15 is 0 Å². The van der Waals surface area contributed by atoms with Crippen LogP contribution in [0.25, 0.3) is 0 Å². The predicted molar refractivity (Wildman–Crippen MR) is 146 cm³/mol. The van der Waals surface area contributed by atoms with Gasteiger partial charge in [0.15, 0.2) is 5.17 Å². The van der Waals surface area contributed by atoms with Crippen molar-refractivity contribution in [2.75, 3.05) is 20.8 Å². The SMILES string of the molecule is COC(=O)CCNC(=O)C1SC(=NC(=O)c2ccc(SC=N)cc2)N(C2CCCC2)C1C.COS(=O)(=O)O. The number of nitrogens with zero attached hydrogens (tertiary/aromatic N) is 2. The lowest BCUT2D eigenvalue weighted by atomic mass is 10.1. The van der Waals surface area contributed by atoms with Gasteiger partial charge < -0.3 is 20.4 Å². The Labute approximate surface area is 230 Å². The minimum Gasteiger partial charge on any atom is -0.469 e. The third kappa shape index (κ3) is 9.69. The molecule has 1 aliphatic carbocycles. The Morgan fingerprint density at radius 1 is 1.24 bits per heavy atom. The molecule has 38 heavy (non-hydrogen) atoms. The zero-order valence-electron chi connectivity index (χ0n) is 21.3. The van der Waals surface area contributed by atoms with Crippen molar-refractivity contribution >= 4 is 62.4 Å². The molecule has 12 nitrogen and oxygen atoms in total. The number of carbonyl (C=O) groups excluding carboxylic acids is 3. The summed E-state index contributed by atoms with van der Waals surface area (Å²) < 4.78 is 34.3. The average molecular weight is 589 g/mol. The molecule has 1 aromatic rings. The van der Waals surface area contributed by atoms with E-state index in [1.165, 1.54) is 36.2 Å². The Balaban J connectivity index is 0.000000757. The van der Waals surface area contributed by atoms with Gasteiger partial charge in [-0.15, -0.1) is 0 Å². The van der Waals surface area contributed by atoms with Gasteiger partial charge >= 0.3 is 16.4 Å². The molecule has 1 saturated carbocycles. The van der Waals surface area contributed by atoms with Gasteiger partial charge in [0, 0.05) is 29.1 Å². The molecule has 2 atom stereocenters. The van der Waals surface area contributed by atoms with E-state index < -0.39 is 15.6 Å². The van der Waals surface area contributed by atoms with Crippen molar-refractivity contribution in [1.29, 1.82) is 5.41 Å². The third-order valence-corrected chi connectivity index (χ3v) is 8.33. The summed E-state index contributed by atoms with van der Waals surface area (Å²) in [5, 5.41) is 10.1. The van der Waals surface area contributed by atoms with Crippen LogP contribution in [0.5, 0.6) is 0 Å². The maximum Gasteiger partial charge on any atom is 0.397 e. The average Bonchev–Trinajstić information content (AvgIpc) is 3.52. The molecule has 1 aromatic carbocycles. The van der Waals surface area contributed by atoms with Gasteiger partial charge in [-0.3, -0.25) is 23.1 Å². The van der Waals surface area contributed by atoms with Gasteiger partial charge in [-0.05, 0) is 44.0 Å². The number of ether oxygens (including phenoxy) is 1. The van der Waals surface area contributed by atoms with E-state index in [0.29, 0.717) is 10.7 Å². The van der Waals surface area contributed by atoms with E-state index in [0.717, 1.165) is 37.7 Å². The lowest BCUT2D eigenvalue weighted by molar-refractivity contribution is -0.140.